The van der Waals surface area contributed by atoms with Crippen LogP contribution in [-0.4, -0.2) is 50.5 Å². The van der Waals surface area contributed by atoms with Crippen LogP contribution < -0.4 is 10.6 Å². The van der Waals surface area contributed by atoms with Gasteiger partial charge in [0, 0.05) is 37.1 Å². The molecule has 0 amide bonds. The first-order chi connectivity index (χ1) is 11.0. The summed E-state index contributed by atoms with van der Waals surface area (Å²) in [5.41, 5.74) is 0. The van der Waals surface area contributed by atoms with Gasteiger partial charge in [0.2, 0.25) is 0 Å². The summed E-state index contributed by atoms with van der Waals surface area (Å²) < 4.78 is 23.0. The Hall–Kier alpha value is -1.15. The summed E-state index contributed by atoms with van der Waals surface area (Å²) in [6.07, 6.45) is 4.57. The van der Waals surface area contributed by atoms with Crippen molar-refractivity contribution >= 4 is 27.1 Å². The Labute approximate surface area is 142 Å². The molecule has 1 aliphatic rings. The van der Waals surface area contributed by atoms with Crippen molar-refractivity contribution in [3.63, 3.8) is 0 Å². The first-order valence-electron chi connectivity index (χ1n) is 8.18. The molecule has 2 rings (SSSR count). The van der Waals surface area contributed by atoms with Gasteiger partial charge in [-0.3, -0.25) is 4.99 Å². The third-order valence-electron chi connectivity index (χ3n) is 3.76. The lowest BCUT2D eigenvalue weighted by Crippen LogP contribution is -2.38. The fourth-order valence-corrected chi connectivity index (χ4v) is 5.20. The minimum Gasteiger partial charge on any atom is -0.357 e. The van der Waals surface area contributed by atoms with Crippen molar-refractivity contribution in [3.8, 4) is 0 Å². The smallest absolute Gasteiger partial charge is 0.191 e. The predicted molar refractivity (Wildman–Crippen MR) is 95.9 cm³/mol. The largest absolute Gasteiger partial charge is 0.357 e. The zero-order valence-electron chi connectivity index (χ0n) is 13.8. The van der Waals surface area contributed by atoms with E-state index in [0.29, 0.717) is 12.3 Å². The van der Waals surface area contributed by atoms with Gasteiger partial charge in [-0.2, -0.15) is 0 Å². The molecule has 1 atom stereocenters. The number of aromatic nitrogens is 1. The summed E-state index contributed by atoms with van der Waals surface area (Å²) in [5, 5.41) is 7.63. The molecule has 1 fully saturated rings. The number of hydrogen-bond donors (Lipinski definition) is 2. The number of rotatable bonds is 7. The zero-order valence-corrected chi connectivity index (χ0v) is 15.5. The maximum atomic E-state index is 11.5. The molecule has 0 bridgehead atoms. The van der Waals surface area contributed by atoms with E-state index in [0.717, 1.165) is 43.3 Å². The Morgan fingerprint density at radius 2 is 2.26 bits per heavy atom. The Kier molecular flexibility index (Phi) is 6.83. The molecule has 1 aliphatic heterocycles. The van der Waals surface area contributed by atoms with Crippen LogP contribution in [0.5, 0.6) is 0 Å². The highest BCUT2D eigenvalue weighted by atomic mass is 32.2. The average molecular weight is 359 g/mol. The highest BCUT2D eigenvalue weighted by molar-refractivity contribution is 7.91. The number of hydrogen-bond acceptors (Lipinski definition) is 5. The number of thiazole rings is 1. The van der Waals surface area contributed by atoms with Crippen LogP contribution in [-0.2, 0) is 22.7 Å². The summed E-state index contributed by atoms with van der Waals surface area (Å²) in [7, 11) is -2.83. The van der Waals surface area contributed by atoms with Crippen molar-refractivity contribution in [3.05, 3.63) is 16.1 Å². The minimum absolute atomic E-state index is 0.154. The van der Waals surface area contributed by atoms with Crippen LogP contribution in [0.3, 0.4) is 0 Å². The van der Waals surface area contributed by atoms with Crippen molar-refractivity contribution in [1.29, 1.82) is 0 Å². The van der Waals surface area contributed by atoms with Crippen molar-refractivity contribution in [2.24, 2.45) is 10.9 Å². The Bertz CT molecular complexity index is 625. The Morgan fingerprint density at radius 3 is 2.87 bits per heavy atom. The van der Waals surface area contributed by atoms with Gasteiger partial charge in [0.1, 0.15) is 0 Å². The van der Waals surface area contributed by atoms with Gasteiger partial charge in [-0.25, -0.2) is 13.4 Å². The van der Waals surface area contributed by atoms with Crippen LogP contribution in [0.2, 0.25) is 0 Å². The lowest BCUT2D eigenvalue weighted by molar-refractivity contribution is 0.589. The van der Waals surface area contributed by atoms with Gasteiger partial charge >= 0.3 is 0 Å². The predicted octanol–water partition coefficient (Wildman–Crippen LogP) is 1.24. The summed E-state index contributed by atoms with van der Waals surface area (Å²) in [6, 6.07) is 0. The monoisotopic (exact) mass is 358 g/mol. The molecule has 6 nitrogen and oxygen atoms in total. The maximum absolute atomic E-state index is 11.5. The molecule has 0 radical (unpaired) electrons. The molecule has 1 aromatic heterocycles. The fourth-order valence-electron chi connectivity index (χ4n) is 2.49. The number of sulfone groups is 1. The van der Waals surface area contributed by atoms with E-state index >= 15 is 0 Å². The van der Waals surface area contributed by atoms with Gasteiger partial charge in [0.15, 0.2) is 15.8 Å². The second-order valence-corrected chi connectivity index (χ2v) is 9.17. The highest BCUT2D eigenvalue weighted by Crippen LogP contribution is 2.18. The first-order valence-corrected chi connectivity index (χ1v) is 10.8. The number of aliphatic imine (C=N–C) groups is 1. The summed E-state index contributed by atoms with van der Waals surface area (Å²) in [6.45, 7) is 6.27. The fraction of sp³-hybridized carbons (Fsp3) is 0.733. The normalized spacial score (nSPS) is 20.6. The van der Waals surface area contributed by atoms with Gasteiger partial charge in [-0.05, 0) is 25.7 Å². The molecule has 1 saturated heterocycles. The molecule has 130 valence electrons. The van der Waals surface area contributed by atoms with Crippen molar-refractivity contribution < 1.29 is 8.42 Å². The third-order valence-corrected chi connectivity index (χ3v) is 6.80. The minimum atomic E-state index is -2.83. The van der Waals surface area contributed by atoms with Gasteiger partial charge in [0.05, 0.1) is 16.5 Å². The first kappa shape index (κ1) is 18.2. The average Bonchev–Trinajstić information content (AvgIpc) is 3.11. The van der Waals surface area contributed by atoms with E-state index in [1.165, 1.54) is 4.88 Å². The number of nitrogens with one attached hydrogen (secondary N) is 2. The molecule has 2 N–H and O–H groups in total. The molecule has 0 saturated carbocycles. The van der Waals surface area contributed by atoms with Crippen molar-refractivity contribution in [1.82, 2.24) is 15.6 Å². The van der Waals surface area contributed by atoms with Crippen LogP contribution in [0.15, 0.2) is 11.2 Å². The van der Waals surface area contributed by atoms with Gasteiger partial charge in [-0.1, -0.05) is 6.92 Å². The van der Waals surface area contributed by atoms with Crippen molar-refractivity contribution in [2.75, 3.05) is 31.1 Å². The van der Waals surface area contributed by atoms with E-state index < -0.39 is 9.84 Å². The second-order valence-electron chi connectivity index (χ2n) is 5.74. The van der Waals surface area contributed by atoms with E-state index in [1.807, 2.05) is 13.1 Å². The van der Waals surface area contributed by atoms with E-state index in [1.54, 1.807) is 11.3 Å². The molecule has 0 spiro atoms. The second kappa shape index (κ2) is 8.63. The van der Waals surface area contributed by atoms with E-state index in [-0.39, 0.29) is 11.7 Å². The molecule has 8 heteroatoms. The summed E-state index contributed by atoms with van der Waals surface area (Å²) >= 11 is 1.75. The molecule has 2 heterocycles. The molecule has 1 unspecified atom stereocenters. The van der Waals surface area contributed by atoms with Crippen LogP contribution in [0.25, 0.3) is 0 Å². The third kappa shape index (κ3) is 6.10. The molecule has 1 aromatic rings. The van der Waals surface area contributed by atoms with E-state index in [2.05, 4.69) is 27.5 Å². The van der Waals surface area contributed by atoms with Crippen LogP contribution in [0.4, 0.5) is 0 Å². The molecular weight excluding hydrogens is 332 g/mol. The van der Waals surface area contributed by atoms with Gasteiger partial charge in [-0.15, -0.1) is 11.3 Å². The molecular formula is C15H26N4O2S2. The molecule has 23 heavy (non-hydrogen) atoms. The number of aryl methyl sites for hydroxylation is 1. The standard InChI is InChI=1S/C15H26N4O2S2/c1-3-13-10-18-14(22-13)5-7-17-15(16-4-2)19-9-12-6-8-23(20,21)11-12/h10,12H,3-9,11H2,1-2H3,(H2,16,17,19). The summed E-state index contributed by atoms with van der Waals surface area (Å²) in [4.78, 5) is 10.2. The highest BCUT2D eigenvalue weighted by Gasteiger charge is 2.27. The topological polar surface area (TPSA) is 83.5 Å². The Morgan fingerprint density at radius 1 is 1.43 bits per heavy atom. The summed E-state index contributed by atoms with van der Waals surface area (Å²) in [5.74, 6) is 1.49. The Balaban J connectivity index is 1.79. The van der Waals surface area contributed by atoms with Crippen LogP contribution in [0, 0.1) is 5.92 Å². The zero-order chi connectivity index (χ0) is 16.7. The lowest BCUT2D eigenvalue weighted by atomic mass is 10.1. The quantitative estimate of drug-likeness (QED) is 0.566. The molecule has 0 aliphatic carbocycles. The SMILES string of the molecule is CCNC(=NCC1CCS(=O)(=O)C1)NCCc1ncc(CC)s1. The van der Waals surface area contributed by atoms with Crippen LogP contribution >= 0.6 is 11.3 Å². The molecule has 0 aromatic carbocycles. The van der Waals surface area contributed by atoms with Gasteiger partial charge in [0.25, 0.3) is 0 Å². The van der Waals surface area contributed by atoms with Crippen molar-refractivity contribution in [2.45, 2.75) is 33.1 Å². The lowest BCUT2D eigenvalue weighted by Gasteiger charge is -2.12. The maximum Gasteiger partial charge on any atom is 0.191 e. The van der Waals surface area contributed by atoms with Gasteiger partial charge < -0.3 is 10.6 Å². The van der Waals surface area contributed by atoms with Crippen LogP contribution in [0.1, 0.15) is 30.2 Å². The van der Waals surface area contributed by atoms with E-state index in [4.69, 9.17) is 0 Å². The van der Waals surface area contributed by atoms with E-state index in [9.17, 15) is 8.42 Å². The number of nitrogens with zero attached hydrogens (tertiary/aromatic N) is 2. The number of guanidine groups is 1.